The number of rotatable bonds is 7. The summed E-state index contributed by atoms with van der Waals surface area (Å²) < 4.78 is 0.998. The predicted octanol–water partition coefficient (Wildman–Crippen LogP) is 3.09. The Kier molecular flexibility index (Phi) is 7.22. The molecule has 0 aromatic heterocycles. The van der Waals surface area contributed by atoms with Crippen molar-refractivity contribution >= 4 is 27.9 Å². The second-order valence-corrected chi connectivity index (χ2v) is 5.96. The molecule has 1 aromatic carbocycles. The molecule has 0 aliphatic heterocycles. The molecule has 0 heterocycles. The van der Waals surface area contributed by atoms with E-state index in [1.54, 1.807) is 11.9 Å². The minimum Gasteiger partial charge on any atom is -0.481 e. The van der Waals surface area contributed by atoms with Crippen LogP contribution >= 0.6 is 15.9 Å². The van der Waals surface area contributed by atoms with Gasteiger partial charge >= 0.3 is 12.0 Å². The number of benzene rings is 1. The van der Waals surface area contributed by atoms with Crippen LogP contribution in [0.5, 0.6) is 0 Å². The van der Waals surface area contributed by atoms with Gasteiger partial charge in [0.25, 0.3) is 0 Å². The first-order valence-corrected chi connectivity index (χ1v) is 7.66. The fraction of sp³-hybridized carbons (Fsp3) is 0.467. The van der Waals surface area contributed by atoms with E-state index in [1.165, 1.54) is 0 Å². The summed E-state index contributed by atoms with van der Waals surface area (Å²) in [6, 6.07) is 7.57. The highest BCUT2D eigenvalue weighted by atomic mass is 79.9. The van der Waals surface area contributed by atoms with E-state index in [0.717, 1.165) is 16.5 Å². The molecule has 0 aliphatic rings. The highest BCUT2D eigenvalue weighted by Crippen LogP contribution is 2.12. The number of carboxylic acids is 1. The maximum absolute atomic E-state index is 12.0. The largest absolute Gasteiger partial charge is 0.481 e. The average molecular weight is 357 g/mol. The summed E-state index contributed by atoms with van der Waals surface area (Å²) in [6.45, 7) is 2.81. The number of halogens is 1. The molecule has 0 spiro atoms. The number of hydrogen-bond acceptors (Lipinski definition) is 2. The Morgan fingerprint density at radius 1 is 1.33 bits per heavy atom. The summed E-state index contributed by atoms with van der Waals surface area (Å²) in [5, 5.41) is 11.6. The molecule has 1 aromatic rings. The molecule has 116 valence electrons. The molecule has 2 N–H and O–H groups in total. The number of nitrogens with one attached hydrogen (secondary N) is 1. The van der Waals surface area contributed by atoms with E-state index < -0.39 is 5.97 Å². The van der Waals surface area contributed by atoms with Gasteiger partial charge < -0.3 is 15.3 Å². The molecule has 21 heavy (non-hydrogen) atoms. The number of nitrogens with zero attached hydrogens (tertiary/aromatic N) is 1. The quantitative estimate of drug-likeness (QED) is 0.788. The van der Waals surface area contributed by atoms with E-state index >= 15 is 0 Å². The van der Waals surface area contributed by atoms with Crippen molar-refractivity contribution in [1.82, 2.24) is 10.2 Å². The maximum atomic E-state index is 12.0. The lowest BCUT2D eigenvalue weighted by atomic mass is 10.0. The molecular formula is C15H21BrN2O3. The van der Waals surface area contributed by atoms with E-state index in [1.807, 2.05) is 31.2 Å². The van der Waals surface area contributed by atoms with Gasteiger partial charge in [0.15, 0.2) is 0 Å². The minimum absolute atomic E-state index is 0.0347. The van der Waals surface area contributed by atoms with Crippen LogP contribution in [0, 0.1) is 5.92 Å². The third-order valence-corrected chi connectivity index (χ3v) is 3.79. The smallest absolute Gasteiger partial charge is 0.317 e. The van der Waals surface area contributed by atoms with Gasteiger partial charge in [0.05, 0.1) is 0 Å². The lowest BCUT2D eigenvalue weighted by molar-refractivity contribution is -0.138. The van der Waals surface area contributed by atoms with Crippen LogP contribution < -0.4 is 5.32 Å². The second kappa shape index (κ2) is 8.67. The van der Waals surface area contributed by atoms with Gasteiger partial charge in [0.2, 0.25) is 0 Å². The minimum atomic E-state index is -0.834. The summed E-state index contributed by atoms with van der Waals surface area (Å²) in [7, 11) is 1.72. The highest BCUT2D eigenvalue weighted by Gasteiger charge is 2.14. The highest BCUT2D eigenvalue weighted by molar-refractivity contribution is 9.10. The summed E-state index contributed by atoms with van der Waals surface area (Å²) in [5.74, 6) is -0.869. The van der Waals surface area contributed by atoms with E-state index in [2.05, 4.69) is 21.2 Å². The van der Waals surface area contributed by atoms with Gasteiger partial charge in [-0.1, -0.05) is 41.4 Å². The summed E-state index contributed by atoms with van der Waals surface area (Å²) in [5.41, 5.74) is 1.04. The number of urea groups is 1. The van der Waals surface area contributed by atoms with Crippen molar-refractivity contribution < 1.29 is 14.7 Å². The van der Waals surface area contributed by atoms with Gasteiger partial charge in [-0.15, -0.1) is 0 Å². The second-order valence-electron chi connectivity index (χ2n) is 5.04. The summed E-state index contributed by atoms with van der Waals surface area (Å²) >= 11 is 3.37. The summed E-state index contributed by atoms with van der Waals surface area (Å²) in [6.07, 6.45) is 0.802. The normalized spacial score (nSPS) is 11.8. The van der Waals surface area contributed by atoms with Crippen molar-refractivity contribution in [2.24, 2.45) is 5.92 Å². The standard InChI is InChI=1S/C15H21BrN2O3/c1-3-11(8-14(19)20)9-17-15(21)18(2)10-12-4-6-13(16)7-5-12/h4-7,11H,3,8-10H2,1-2H3,(H,17,21)(H,19,20). The van der Waals surface area contributed by atoms with Gasteiger partial charge in [-0.2, -0.15) is 0 Å². The zero-order valence-electron chi connectivity index (χ0n) is 12.3. The van der Waals surface area contributed by atoms with Crippen molar-refractivity contribution in [3.63, 3.8) is 0 Å². The van der Waals surface area contributed by atoms with E-state index in [9.17, 15) is 9.59 Å². The first kappa shape index (κ1) is 17.5. The third-order valence-electron chi connectivity index (χ3n) is 3.26. The van der Waals surface area contributed by atoms with Crippen molar-refractivity contribution in [3.8, 4) is 0 Å². The van der Waals surface area contributed by atoms with Gasteiger partial charge in [-0.05, 0) is 23.6 Å². The van der Waals surface area contributed by atoms with Crippen LogP contribution in [0.3, 0.4) is 0 Å². The Bertz CT molecular complexity index is 476. The molecule has 0 saturated carbocycles. The maximum Gasteiger partial charge on any atom is 0.317 e. The number of amides is 2. The van der Waals surface area contributed by atoms with E-state index in [0.29, 0.717) is 13.1 Å². The van der Waals surface area contributed by atoms with Gasteiger partial charge in [0, 0.05) is 31.0 Å². The van der Waals surface area contributed by atoms with E-state index in [-0.39, 0.29) is 18.4 Å². The molecule has 0 saturated heterocycles. The van der Waals surface area contributed by atoms with Crippen LogP contribution in [-0.2, 0) is 11.3 Å². The van der Waals surface area contributed by atoms with Crippen LogP contribution in [0.2, 0.25) is 0 Å². The molecule has 5 nitrogen and oxygen atoms in total. The van der Waals surface area contributed by atoms with Gasteiger partial charge in [0.1, 0.15) is 0 Å². The Labute approximate surface area is 133 Å². The number of carbonyl (C=O) groups is 2. The number of carboxylic acid groups (broad SMARTS) is 1. The van der Waals surface area contributed by atoms with Crippen molar-refractivity contribution in [3.05, 3.63) is 34.3 Å². The van der Waals surface area contributed by atoms with Crippen LogP contribution in [0.15, 0.2) is 28.7 Å². The third kappa shape index (κ3) is 6.62. The van der Waals surface area contributed by atoms with Crippen LogP contribution in [-0.4, -0.2) is 35.6 Å². The Morgan fingerprint density at radius 3 is 2.48 bits per heavy atom. The number of hydrogen-bond donors (Lipinski definition) is 2. The fourth-order valence-corrected chi connectivity index (χ4v) is 2.17. The first-order chi connectivity index (χ1) is 9.92. The average Bonchev–Trinajstić information content (AvgIpc) is 2.45. The fourth-order valence-electron chi connectivity index (χ4n) is 1.91. The Balaban J connectivity index is 2.43. The SMILES string of the molecule is CCC(CNC(=O)N(C)Cc1ccc(Br)cc1)CC(=O)O. The molecule has 1 atom stereocenters. The van der Waals surface area contributed by atoms with Crippen molar-refractivity contribution in [2.75, 3.05) is 13.6 Å². The molecule has 6 heteroatoms. The van der Waals surface area contributed by atoms with E-state index in [4.69, 9.17) is 5.11 Å². The molecule has 0 radical (unpaired) electrons. The van der Waals surface area contributed by atoms with Crippen LogP contribution in [0.4, 0.5) is 4.79 Å². The Hall–Kier alpha value is -1.56. The zero-order valence-corrected chi connectivity index (χ0v) is 13.9. The molecule has 1 rings (SSSR count). The molecular weight excluding hydrogens is 336 g/mol. The molecule has 0 bridgehead atoms. The summed E-state index contributed by atoms with van der Waals surface area (Å²) in [4.78, 5) is 24.2. The monoisotopic (exact) mass is 356 g/mol. The number of aliphatic carboxylic acids is 1. The van der Waals surface area contributed by atoms with Crippen molar-refractivity contribution in [2.45, 2.75) is 26.3 Å². The van der Waals surface area contributed by atoms with Gasteiger partial charge in [-0.3, -0.25) is 4.79 Å². The molecule has 2 amide bonds. The Morgan fingerprint density at radius 2 is 1.95 bits per heavy atom. The van der Waals surface area contributed by atoms with Crippen molar-refractivity contribution in [1.29, 1.82) is 0 Å². The van der Waals surface area contributed by atoms with Gasteiger partial charge in [-0.25, -0.2) is 4.79 Å². The lowest BCUT2D eigenvalue weighted by Gasteiger charge is -2.20. The zero-order chi connectivity index (χ0) is 15.8. The lowest BCUT2D eigenvalue weighted by Crippen LogP contribution is -2.39. The molecule has 0 fully saturated rings. The van der Waals surface area contributed by atoms with Crippen LogP contribution in [0.25, 0.3) is 0 Å². The first-order valence-electron chi connectivity index (χ1n) is 6.87. The molecule has 1 unspecified atom stereocenters. The van der Waals surface area contributed by atoms with Crippen LogP contribution in [0.1, 0.15) is 25.3 Å². The number of carbonyl (C=O) groups excluding carboxylic acids is 1. The predicted molar refractivity (Wildman–Crippen MR) is 85.0 cm³/mol. The molecule has 0 aliphatic carbocycles. The topological polar surface area (TPSA) is 69.6 Å².